The van der Waals surface area contributed by atoms with Crippen LogP contribution in [-0.2, 0) is 19.1 Å². The van der Waals surface area contributed by atoms with Crippen molar-refractivity contribution in [1.82, 2.24) is 10.6 Å². The molecular weight excluding hydrogens is 324 g/mol. The van der Waals surface area contributed by atoms with Crippen molar-refractivity contribution >= 4 is 17.8 Å². The molecule has 0 saturated heterocycles. The van der Waals surface area contributed by atoms with Crippen LogP contribution in [0, 0.1) is 0 Å². The Hall–Kier alpha value is -2.17. The van der Waals surface area contributed by atoms with E-state index in [9.17, 15) is 24.6 Å². The van der Waals surface area contributed by atoms with Gasteiger partial charge >= 0.3 is 5.97 Å². The summed E-state index contributed by atoms with van der Waals surface area (Å²) in [6, 6.07) is -2.02. The number of aliphatic hydroxyl groups is 3. The van der Waals surface area contributed by atoms with E-state index in [1.54, 1.807) is 6.92 Å². The topological polar surface area (TPSA) is 165 Å². The average molecular weight is 346 g/mol. The molecule has 0 saturated carbocycles. The number of aliphatic carboxylic acids is 1. The molecule has 0 aromatic rings. The zero-order chi connectivity index (χ0) is 18.4. The zero-order valence-corrected chi connectivity index (χ0v) is 13.3. The standard InChI is InChI=1S/C14H22N2O8/c1-3-10(20)16-7-4-9(14(22)23)24-13(11(7)15-6(2)18)12(21)8(19)5-17/h4,7-8,11-13,17,19,21H,3,5H2,1-2H3,(H,15,18)(H,16,20)(H,22,23)/t7-,8?,11+,12?,13+/m0/s1. The summed E-state index contributed by atoms with van der Waals surface area (Å²) < 4.78 is 5.17. The summed E-state index contributed by atoms with van der Waals surface area (Å²) in [6.45, 7) is 1.98. The Labute approximate surface area is 138 Å². The number of hydrogen-bond acceptors (Lipinski definition) is 7. The van der Waals surface area contributed by atoms with Crippen molar-refractivity contribution < 1.29 is 39.5 Å². The van der Waals surface area contributed by atoms with E-state index in [1.807, 2.05) is 0 Å². The number of carboxylic acid groups (broad SMARTS) is 1. The van der Waals surface area contributed by atoms with E-state index in [-0.39, 0.29) is 6.42 Å². The van der Waals surface area contributed by atoms with Crippen LogP contribution < -0.4 is 10.6 Å². The van der Waals surface area contributed by atoms with Crippen molar-refractivity contribution in [2.45, 2.75) is 50.7 Å². The van der Waals surface area contributed by atoms with Crippen LogP contribution in [0.1, 0.15) is 20.3 Å². The van der Waals surface area contributed by atoms with Crippen molar-refractivity contribution in [3.63, 3.8) is 0 Å². The normalized spacial score (nSPS) is 25.7. The minimum atomic E-state index is -1.70. The van der Waals surface area contributed by atoms with E-state index >= 15 is 0 Å². The number of carbonyl (C=O) groups is 3. The van der Waals surface area contributed by atoms with E-state index < -0.39 is 60.5 Å². The van der Waals surface area contributed by atoms with Crippen LogP contribution in [0.4, 0.5) is 0 Å². The minimum Gasteiger partial charge on any atom is -0.478 e. The fraction of sp³-hybridized carbons (Fsp3) is 0.643. The minimum absolute atomic E-state index is 0.118. The molecule has 2 unspecified atom stereocenters. The van der Waals surface area contributed by atoms with Crippen molar-refractivity contribution in [1.29, 1.82) is 0 Å². The molecule has 0 bridgehead atoms. The molecule has 0 aromatic heterocycles. The van der Waals surface area contributed by atoms with Crippen molar-refractivity contribution in [2.75, 3.05) is 6.61 Å². The number of aliphatic hydroxyl groups excluding tert-OH is 3. The van der Waals surface area contributed by atoms with E-state index in [0.717, 1.165) is 6.08 Å². The maximum atomic E-state index is 11.7. The maximum Gasteiger partial charge on any atom is 0.370 e. The highest BCUT2D eigenvalue weighted by atomic mass is 16.5. The van der Waals surface area contributed by atoms with Crippen LogP contribution in [0.3, 0.4) is 0 Å². The molecule has 0 radical (unpaired) electrons. The summed E-state index contributed by atoms with van der Waals surface area (Å²) in [4.78, 5) is 34.3. The first-order valence-electron chi connectivity index (χ1n) is 7.36. The molecule has 0 aromatic carbocycles. The van der Waals surface area contributed by atoms with Crippen molar-refractivity contribution in [2.24, 2.45) is 0 Å². The maximum absolute atomic E-state index is 11.7. The predicted octanol–water partition coefficient (Wildman–Crippen LogP) is -2.53. The summed E-state index contributed by atoms with van der Waals surface area (Å²) >= 11 is 0. The number of hydrogen-bond donors (Lipinski definition) is 6. The van der Waals surface area contributed by atoms with Gasteiger partial charge in [-0.3, -0.25) is 9.59 Å². The fourth-order valence-electron chi connectivity index (χ4n) is 2.29. The van der Waals surface area contributed by atoms with Gasteiger partial charge in [0, 0.05) is 13.3 Å². The van der Waals surface area contributed by atoms with Crippen LogP contribution in [0.5, 0.6) is 0 Å². The second kappa shape index (κ2) is 8.62. The number of ether oxygens (including phenoxy) is 1. The molecule has 1 heterocycles. The van der Waals surface area contributed by atoms with Gasteiger partial charge in [0.15, 0.2) is 0 Å². The lowest BCUT2D eigenvalue weighted by Gasteiger charge is -2.40. The number of carboxylic acids is 1. The average Bonchev–Trinajstić information content (AvgIpc) is 2.53. The highest BCUT2D eigenvalue weighted by molar-refractivity contribution is 5.85. The van der Waals surface area contributed by atoms with Crippen LogP contribution >= 0.6 is 0 Å². The molecule has 6 N–H and O–H groups in total. The Morgan fingerprint density at radius 2 is 1.92 bits per heavy atom. The summed E-state index contributed by atoms with van der Waals surface area (Å²) in [5.41, 5.74) is 0. The van der Waals surface area contributed by atoms with Crippen LogP contribution in [0.25, 0.3) is 0 Å². The third-order valence-electron chi connectivity index (χ3n) is 3.48. The largest absolute Gasteiger partial charge is 0.478 e. The van der Waals surface area contributed by atoms with Gasteiger partial charge in [0.05, 0.1) is 18.7 Å². The Balaban J connectivity index is 3.22. The molecule has 0 fully saturated rings. The highest BCUT2D eigenvalue weighted by Crippen LogP contribution is 2.23. The Kier molecular flexibility index (Phi) is 7.14. The van der Waals surface area contributed by atoms with Gasteiger partial charge in [-0.25, -0.2) is 4.79 Å². The van der Waals surface area contributed by atoms with Gasteiger partial charge in [0.1, 0.15) is 18.3 Å². The lowest BCUT2D eigenvalue weighted by atomic mass is 9.92. The molecule has 136 valence electrons. The lowest BCUT2D eigenvalue weighted by Crippen LogP contribution is -2.63. The molecule has 5 atom stereocenters. The highest BCUT2D eigenvalue weighted by Gasteiger charge is 2.43. The van der Waals surface area contributed by atoms with Crippen LogP contribution in [-0.4, -0.2) is 75.2 Å². The van der Waals surface area contributed by atoms with Crippen molar-refractivity contribution in [3.05, 3.63) is 11.8 Å². The van der Waals surface area contributed by atoms with E-state index in [0.29, 0.717) is 0 Å². The predicted molar refractivity (Wildman–Crippen MR) is 79.5 cm³/mol. The monoisotopic (exact) mass is 346 g/mol. The van der Waals surface area contributed by atoms with Crippen LogP contribution in [0.15, 0.2) is 11.8 Å². The number of amides is 2. The van der Waals surface area contributed by atoms with Gasteiger partial charge in [0.2, 0.25) is 17.6 Å². The molecule has 10 heteroatoms. The number of rotatable bonds is 7. The third-order valence-corrected chi connectivity index (χ3v) is 3.48. The van der Waals surface area contributed by atoms with E-state index in [1.165, 1.54) is 6.92 Å². The fourth-order valence-corrected chi connectivity index (χ4v) is 2.29. The molecule has 2 amide bonds. The number of nitrogens with one attached hydrogen (secondary N) is 2. The first kappa shape index (κ1) is 19.9. The molecule has 0 spiro atoms. The Morgan fingerprint density at radius 3 is 2.38 bits per heavy atom. The smallest absolute Gasteiger partial charge is 0.370 e. The number of carbonyl (C=O) groups excluding carboxylic acids is 2. The molecular formula is C14H22N2O8. The SMILES string of the molecule is CCC(=O)N[C@H]1C=C(C(=O)O)O[C@@H](C(O)C(O)CO)[C@@H]1NC(C)=O. The molecule has 24 heavy (non-hydrogen) atoms. The van der Waals surface area contributed by atoms with Gasteiger partial charge in [0.25, 0.3) is 0 Å². The van der Waals surface area contributed by atoms with Crippen molar-refractivity contribution in [3.8, 4) is 0 Å². The Bertz CT molecular complexity index is 521. The summed E-state index contributed by atoms with van der Waals surface area (Å²) in [5, 5.41) is 42.8. The first-order chi connectivity index (χ1) is 11.2. The summed E-state index contributed by atoms with van der Waals surface area (Å²) in [6.07, 6.45) is -3.50. The molecule has 10 nitrogen and oxygen atoms in total. The molecule has 1 aliphatic heterocycles. The van der Waals surface area contributed by atoms with Gasteiger partial charge in [-0.15, -0.1) is 0 Å². The molecule has 0 aliphatic carbocycles. The van der Waals surface area contributed by atoms with Crippen LogP contribution in [0.2, 0.25) is 0 Å². The molecule has 1 aliphatic rings. The third kappa shape index (κ3) is 4.91. The second-order valence-electron chi connectivity index (χ2n) is 5.33. The summed E-state index contributed by atoms with van der Waals surface area (Å²) in [7, 11) is 0. The van der Waals surface area contributed by atoms with E-state index in [2.05, 4.69) is 10.6 Å². The quantitative estimate of drug-likeness (QED) is 0.293. The lowest BCUT2D eigenvalue weighted by molar-refractivity contribution is -0.147. The second-order valence-corrected chi connectivity index (χ2v) is 5.33. The van der Waals surface area contributed by atoms with Gasteiger partial charge in [-0.2, -0.15) is 0 Å². The molecule has 1 rings (SSSR count). The van der Waals surface area contributed by atoms with Gasteiger partial charge < -0.3 is 35.8 Å². The first-order valence-corrected chi connectivity index (χ1v) is 7.36. The van der Waals surface area contributed by atoms with Gasteiger partial charge in [-0.05, 0) is 6.08 Å². The Morgan fingerprint density at radius 1 is 1.29 bits per heavy atom. The van der Waals surface area contributed by atoms with Gasteiger partial charge in [-0.1, -0.05) is 6.92 Å². The zero-order valence-electron chi connectivity index (χ0n) is 13.3. The van der Waals surface area contributed by atoms with E-state index in [4.69, 9.17) is 14.9 Å². The summed E-state index contributed by atoms with van der Waals surface area (Å²) in [5.74, 6) is -2.91.